The number of nitrogens with zero attached hydrogens (tertiary/aromatic N) is 5. The zero-order valence-electron chi connectivity index (χ0n) is 35.0. The molecule has 10 rings (SSSR count). The molecular weight excluding hydrogens is 841 g/mol. The van der Waals surface area contributed by atoms with Crippen LogP contribution in [-0.4, -0.2) is 96.0 Å². The van der Waals surface area contributed by atoms with Gasteiger partial charge in [0.25, 0.3) is 15.9 Å². The van der Waals surface area contributed by atoms with Crippen molar-refractivity contribution in [2.45, 2.75) is 74.3 Å². The highest BCUT2D eigenvalue weighted by Gasteiger charge is 2.50. The molecule has 1 atom stereocenters. The van der Waals surface area contributed by atoms with Crippen LogP contribution in [0.4, 0.5) is 17.2 Å². The number of pyridine rings is 2. The molecule has 5 aromatic rings. The molecule has 0 bridgehead atoms. The number of carbonyl (C=O) groups is 1. The highest BCUT2D eigenvalue weighted by molar-refractivity contribution is 7.99. The number of hydrogen-bond donors (Lipinski definition) is 3. The molecular formula is C46H52N8O7S2. The molecule has 3 aromatic heterocycles. The van der Waals surface area contributed by atoms with Crippen LogP contribution in [0.1, 0.15) is 84.8 Å². The number of morpholine rings is 1. The lowest BCUT2D eigenvalue weighted by molar-refractivity contribution is -0.384. The molecule has 0 unspecified atom stereocenters. The van der Waals surface area contributed by atoms with E-state index in [1.165, 1.54) is 24.0 Å². The van der Waals surface area contributed by atoms with E-state index in [2.05, 4.69) is 59.1 Å². The molecule has 1 amide bonds. The van der Waals surface area contributed by atoms with E-state index in [0.717, 1.165) is 106 Å². The standard InChI is InChI=1S/C46H52N8O7S2/c55-45(51-63(58,59)36-23-40(54(56)57)44(50-28-36)48-26-30-10-19-62-20-11-30)39-8-7-33(22-42(39)61-35-21-32-9-14-47-43(32)49-27-35)52-15-12-46(13-16-52)24-34(25-46)53-17-18-60-29-41(53)38-4-2-1-3-37(38)31-5-6-31/h1-4,7-9,14,21-23,27-28,30-31,34,41H,5-6,10-13,15-20,24-26,29H2,(H,47,49)(H,48,50)(H,51,55)/t41-/m1/s1. The molecule has 5 aliphatic rings. The minimum atomic E-state index is -4.59. The van der Waals surface area contributed by atoms with Gasteiger partial charge in [-0.15, -0.1) is 0 Å². The van der Waals surface area contributed by atoms with Crippen LogP contribution in [0.2, 0.25) is 0 Å². The third-order valence-electron chi connectivity index (χ3n) is 13.8. The van der Waals surface area contributed by atoms with Crippen LogP contribution >= 0.6 is 11.8 Å². The van der Waals surface area contributed by atoms with Crippen LogP contribution in [0.3, 0.4) is 0 Å². The number of H-pyrrole nitrogens is 1. The first-order valence-electron chi connectivity index (χ1n) is 22.1. The largest absolute Gasteiger partial charge is 0.455 e. The van der Waals surface area contributed by atoms with Crippen LogP contribution < -0.4 is 19.7 Å². The topological polar surface area (TPSA) is 185 Å². The maximum atomic E-state index is 13.9. The predicted molar refractivity (Wildman–Crippen MR) is 242 cm³/mol. The average Bonchev–Trinajstić information content (AvgIpc) is 4.04. The zero-order chi connectivity index (χ0) is 43.1. The van der Waals surface area contributed by atoms with E-state index in [-0.39, 0.29) is 22.5 Å². The second kappa shape index (κ2) is 17.4. The summed E-state index contributed by atoms with van der Waals surface area (Å²) in [5, 5.41) is 15.9. The number of fused-ring (bicyclic) bond motifs is 1. The summed E-state index contributed by atoms with van der Waals surface area (Å²) in [6, 6.07) is 19.5. The van der Waals surface area contributed by atoms with Crippen molar-refractivity contribution in [3.63, 3.8) is 0 Å². The maximum absolute atomic E-state index is 13.9. The smallest absolute Gasteiger partial charge is 0.312 e. The number of hydrogen-bond acceptors (Lipinski definition) is 13. The van der Waals surface area contributed by atoms with Gasteiger partial charge in [0.15, 0.2) is 0 Å². The number of nitrogens with one attached hydrogen (secondary N) is 3. The van der Waals surface area contributed by atoms with Gasteiger partial charge in [-0.2, -0.15) is 11.8 Å². The van der Waals surface area contributed by atoms with E-state index in [9.17, 15) is 23.3 Å². The molecule has 330 valence electrons. The van der Waals surface area contributed by atoms with Crippen molar-refractivity contribution >= 4 is 55.9 Å². The Balaban J connectivity index is 0.843. The van der Waals surface area contributed by atoms with Crippen LogP contribution in [0, 0.1) is 21.4 Å². The highest BCUT2D eigenvalue weighted by Crippen LogP contribution is 2.54. The monoisotopic (exact) mass is 892 g/mol. The van der Waals surface area contributed by atoms with Gasteiger partial charge in [-0.1, -0.05) is 24.3 Å². The van der Waals surface area contributed by atoms with E-state index >= 15 is 0 Å². The Morgan fingerprint density at radius 3 is 2.56 bits per heavy atom. The molecule has 3 saturated heterocycles. The fourth-order valence-electron chi connectivity index (χ4n) is 10.1. The van der Waals surface area contributed by atoms with Crippen molar-refractivity contribution in [3.8, 4) is 11.5 Å². The number of piperidine rings is 1. The number of amides is 1. The zero-order valence-corrected chi connectivity index (χ0v) is 36.7. The minimum absolute atomic E-state index is 0.0143. The van der Waals surface area contributed by atoms with Gasteiger partial charge >= 0.3 is 5.69 Å². The van der Waals surface area contributed by atoms with Crippen molar-refractivity contribution in [1.29, 1.82) is 0 Å². The molecule has 1 spiro atoms. The number of carbonyl (C=O) groups excluding carboxylic acids is 1. The molecule has 0 radical (unpaired) electrons. The number of thioether (sulfide) groups is 1. The SMILES string of the molecule is O=C(NS(=O)(=O)c1cnc(NCC2CCSCC2)c([N+](=O)[O-])c1)c1ccc(N2CCC3(CC2)CC(N2CCOC[C@@H]2c2ccccc2C2CC2)C3)cc1Oc1cnc2[nH]ccc2c1. The second-order valence-corrected chi connectivity index (χ2v) is 20.7. The lowest BCUT2D eigenvalue weighted by Gasteiger charge is -2.57. The lowest BCUT2D eigenvalue weighted by atomic mass is 9.59. The van der Waals surface area contributed by atoms with Crippen molar-refractivity contribution in [3.05, 3.63) is 106 Å². The van der Waals surface area contributed by atoms with Gasteiger partial charge < -0.3 is 24.7 Å². The molecule has 63 heavy (non-hydrogen) atoms. The molecule has 3 N–H and O–H groups in total. The first-order valence-corrected chi connectivity index (χ1v) is 24.7. The second-order valence-electron chi connectivity index (χ2n) is 17.8. The lowest BCUT2D eigenvalue weighted by Crippen LogP contribution is -2.58. The molecule has 17 heteroatoms. The van der Waals surface area contributed by atoms with E-state index in [0.29, 0.717) is 41.9 Å². The Morgan fingerprint density at radius 2 is 1.78 bits per heavy atom. The number of nitro groups is 1. The summed E-state index contributed by atoms with van der Waals surface area (Å²) in [7, 11) is -4.59. The summed E-state index contributed by atoms with van der Waals surface area (Å²) in [5.74, 6) is 2.63. The summed E-state index contributed by atoms with van der Waals surface area (Å²) in [4.78, 5) is 41.5. The number of sulfonamides is 1. The first-order chi connectivity index (χ1) is 30.6. The average molecular weight is 893 g/mol. The molecule has 3 aliphatic heterocycles. The van der Waals surface area contributed by atoms with Crippen LogP contribution in [0.15, 0.2) is 84.1 Å². The fraction of sp³-hybridized carbons (Fsp3) is 0.457. The van der Waals surface area contributed by atoms with Gasteiger partial charge in [-0.05, 0) is 116 Å². The molecule has 2 aromatic carbocycles. The summed E-state index contributed by atoms with van der Waals surface area (Å²) in [5.41, 5.74) is 4.23. The van der Waals surface area contributed by atoms with E-state index in [4.69, 9.17) is 9.47 Å². The van der Waals surface area contributed by atoms with Crippen LogP contribution in [0.25, 0.3) is 11.0 Å². The van der Waals surface area contributed by atoms with Gasteiger partial charge in [-0.25, -0.2) is 23.1 Å². The van der Waals surface area contributed by atoms with Crippen molar-refractivity contribution in [2.75, 3.05) is 61.1 Å². The highest BCUT2D eigenvalue weighted by atomic mass is 32.2. The number of aromatic nitrogens is 3. The van der Waals surface area contributed by atoms with Gasteiger partial charge in [0.05, 0.1) is 42.1 Å². The Morgan fingerprint density at radius 1 is 0.984 bits per heavy atom. The molecule has 2 aliphatic carbocycles. The molecule has 6 heterocycles. The van der Waals surface area contributed by atoms with Crippen molar-refractivity contribution in [2.24, 2.45) is 11.3 Å². The van der Waals surface area contributed by atoms with Crippen molar-refractivity contribution in [1.82, 2.24) is 24.6 Å². The number of ether oxygens (including phenoxy) is 2. The Kier molecular flexibility index (Phi) is 11.5. The molecule has 2 saturated carbocycles. The van der Waals surface area contributed by atoms with E-state index in [1.807, 2.05) is 23.9 Å². The maximum Gasteiger partial charge on any atom is 0.312 e. The summed E-state index contributed by atoms with van der Waals surface area (Å²) in [6.45, 7) is 4.61. The molecule has 15 nitrogen and oxygen atoms in total. The number of benzene rings is 2. The number of aromatic amines is 1. The van der Waals surface area contributed by atoms with Gasteiger partial charge in [0.1, 0.15) is 22.0 Å². The van der Waals surface area contributed by atoms with Crippen LogP contribution in [0.5, 0.6) is 11.5 Å². The van der Waals surface area contributed by atoms with Gasteiger partial charge in [0, 0.05) is 61.6 Å². The predicted octanol–water partition coefficient (Wildman–Crippen LogP) is 8.03. The third-order valence-corrected chi connectivity index (χ3v) is 16.2. The third kappa shape index (κ3) is 8.84. The van der Waals surface area contributed by atoms with Gasteiger partial charge in [0.2, 0.25) is 5.82 Å². The summed E-state index contributed by atoms with van der Waals surface area (Å²) in [6.07, 6.45) is 13.3. The Bertz CT molecular complexity index is 2620. The van der Waals surface area contributed by atoms with E-state index < -0.39 is 31.4 Å². The minimum Gasteiger partial charge on any atom is -0.455 e. The molecule has 5 fully saturated rings. The van der Waals surface area contributed by atoms with Crippen LogP contribution in [-0.2, 0) is 14.8 Å². The Hall–Kier alpha value is -5.23. The Labute approximate surface area is 370 Å². The first kappa shape index (κ1) is 41.8. The normalized spacial score (nSPS) is 21.0. The van der Waals surface area contributed by atoms with Gasteiger partial charge in [-0.3, -0.25) is 19.8 Å². The van der Waals surface area contributed by atoms with Crippen molar-refractivity contribution < 1.29 is 27.6 Å². The summed E-state index contributed by atoms with van der Waals surface area (Å²) < 4.78 is 41.9. The fourth-order valence-corrected chi connectivity index (χ4v) is 12.2. The van der Waals surface area contributed by atoms with E-state index in [1.54, 1.807) is 30.6 Å². The number of anilines is 2. The quantitative estimate of drug-likeness (QED) is 0.0763. The number of rotatable bonds is 13. The summed E-state index contributed by atoms with van der Waals surface area (Å²) >= 11 is 1.88.